The smallest absolute Gasteiger partial charge is 0.246 e. The van der Waals surface area contributed by atoms with Crippen LogP contribution < -0.4 is 11.1 Å². The molecule has 0 unspecified atom stereocenters. The van der Waals surface area contributed by atoms with Crippen LogP contribution in [-0.2, 0) is 9.53 Å². The second-order valence-corrected chi connectivity index (χ2v) is 4.85. The molecule has 1 amide bonds. The van der Waals surface area contributed by atoms with Gasteiger partial charge in [0.1, 0.15) is 6.61 Å². The highest BCUT2D eigenvalue weighted by molar-refractivity contribution is 7.80. The van der Waals surface area contributed by atoms with Gasteiger partial charge in [0.25, 0.3) is 0 Å². The molecular weight excluding hydrogens is 212 g/mol. The van der Waals surface area contributed by atoms with Gasteiger partial charge in [-0.1, -0.05) is 12.2 Å². The summed E-state index contributed by atoms with van der Waals surface area (Å²) in [5.74, 6) is -0.104. The predicted octanol–water partition coefficient (Wildman–Crippen LogP) is 0.984. The molecule has 0 aromatic heterocycles. The first-order valence-corrected chi connectivity index (χ1v) is 5.41. The lowest BCUT2D eigenvalue weighted by Gasteiger charge is -2.18. The topological polar surface area (TPSA) is 64.3 Å². The summed E-state index contributed by atoms with van der Waals surface area (Å²) in [6, 6.07) is 0. The van der Waals surface area contributed by atoms with Gasteiger partial charge in [-0.05, 0) is 33.6 Å². The van der Waals surface area contributed by atoms with Crippen LogP contribution >= 0.6 is 12.2 Å². The van der Waals surface area contributed by atoms with Gasteiger partial charge < -0.3 is 15.8 Å². The molecule has 0 spiro atoms. The van der Waals surface area contributed by atoms with Gasteiger partial charge in [0.2, 0.25) is 5.91 Å². The van der Waals surface area contributed by atoms with Crippen molar-refractivity contribution in [2.24, 2.45) is 5.73 Å². The minimum Gasteiger partial charge on any atom is -0.393 e. The first kappa shape index (κ1) is 14.3. The van der Waals surface area contributed by atoms with E-state index in [1.165, 1.54) is 0 Å². The van der Waals surface area contributed by atoms with Crippen LogP contribution in [0.15, 0.2) is 0 Å². The van der Waals surface area contributed by atoms with Crippen LogP contribution in [0.1, 0.15) is 33.6 Å². The van der Waals surface area contributed by atoms with E-state index in [-0.39, 0.29) is 18.1 Å². The molecular formula is C10H20N2O2S. The minimum absolute atomic E-state index is 0.0938. The van der Waals surface area contributed by atoms with Crippen molar-refractivity contribution in [2.75, 3.05) is 13.2 Å². The second-order valence-electron chi connectivity index (χ2n) is 4.32. The van der Waals surface area contributed by atoms with Gasteiger partial charge in [-0.2, -0.15) is 0 Å². The first-order valence-electron chi connectivity index (χ1n) is 5.00. The Morgan fingerprint density at radius 1 is 1.47 bits per heavy atom. The van der Waals surface area contributed by atoms with E-state index in [2.05, 4.69) is 5.32 Å². The molecule has 0 atom stereocenters. The standard InChI is InChI=1S/C10H20N2O2S/c1-10(2,3)14-7-9(13)12-6-4-5-8(11)15/h4-7H2,1-3H3,(H2,11,15)(H,12,13). The maximum Gasteiger partial charge on any atom is 0.246 e. The Kier molecular flexibility index (Phi) is 6.43. The van der Waals surface area contributed by atoms with E-state index in [1.54, 1.807) is 0 Å². The first-order chi connectivity index (χ1) is 6.81. The van der Waals surface area contributed by atoms with E-state index in [0.29, 0.717) is 18.0 Å². The number of thiocarbonyl (C=S) groups is 1. The van der Waals surface area contributed by atoms with Gasteiger partial charge in [0, 0.05) is 6.54 Å². The largest absolute Gasteiger partial charge is 0.393 e. The van der Waals surface area contributed by atoms with Gasteiger partial charge in [-0.25, -0.2) is 0 Å². The van der Waals surface area contributed by atoms with Crippen LogP contribution in [0.3, 0.4) is 0 Å². The molecule has 0 aromatic carbocycles. The summed E-state index contributed by atoms with van der Waals surface area (Å²) >= 11 is 4.71. The van der Waals surface area contributed by atoms with E-state index in [0.717, 1.165) is 6.42 Å². The zero-order valence-electron chi connectivity index (χ0n) is 9.63. The highest BCUT2D eigenvalue weighted by atomic mass is 32.1. The fraction of sp³-hybridized carbons (Fsp3) is 0.800. The van der Waals surface area contributed by atoms with Crippen molar-refractivity contribution in [1.29, 1.82) is 0 Å². The quantitative estimate of drug-likeness (QED) is 0.529. The van der Waals surface area contributed by atoms with Crippen molar-refractivity contribution in [3.63, 3.8) is 0 Å². The number of hydrogen-bond acceptors (Lipinski definition) is 3. The third-order valence-corrected chi connectivity index (χ3v) is 1.76. The molecule has 4 nitrogen and oxygen atoms in total. The minimum atomic E-state index is -0.282. The van der Waals surface area contributed by atoms with E-state index >= 15 is 0 Å². The molecule has 0 aromatic rings. The number of amides is 1. The fourth-order valence-corrected chi connectivity index (χ4v) is 0.968. The van der Waals surface area contributed by atoms with Crippen molar-refractivity contribution in [1.82, 2.24) is 5.32 Å². The molecule has 0 radical (unpaired) electrons. The zero-order valence-corrected chi connectivity index (χ0v) is 10.4. The van der Waals surface area contributed by atoms with Crippen LogP contribution in [0, 0.1) is 0 Å². The molecule has 5 heteroatoms. The summed E-state index contributed by atoms with van der Waals surface area (Å²) in [7, 11) is 0. The maximum atomic E-state index is 11.2. The van der Waals surface area contributed by atoms with Gasteiger partial charge in [-0.3, -0.25) is 4.79 Å². The SMILES string of the molecule is CC(C)(C)OCC(=O)NCCCC(N)=S. The fourth-order valence-electron chi connectivity index (χ4n) is 0.824. The lowest BCUT2D eigenvalue weighted by molar-refractivity contribution is -0.130. The van der Waals surface area contributed by atoms with Crippen LogP contribution in [0.25, 0.3) is 0 Å². The van der Waals surface area contributed by atoms with Crippen molar-refractivity contribution in [3.05, 3.63) is 0 Å². The molecule has 88 valence electrons. The molecule has 0 rings (SSSR count). The maximum absolute atomic E-state index is 11.2. The summed E-state index contributed by atoms with van der Waals surface area (Å²) in [4.78, 5) is 11.7. The van der Waals surface area contributed by atoms with Crippen molar-refractivity contribution < 1.29 is 9.53 Å². The monoisotopic (exact) mass is 232 g/mol. The number of rotatable bonds is 6. The third-order valence-electron chi connectivity index (χ3n) is 1.56. The number of nitrogens with two attached hydrogens (primary N) is 1. The number of carbonyl (C=O) groups is 1. The van der Waals surface area contributed by atoms with Crippen molar-refractivity contribution in [3.8, 4) is 0 Å². The Bertz CT molecular complexity index is 224. The van der Waals surface area contributed by atoms with Gasteiger partial charge >= 0.3 is 0 Å². The molecule has 0 heterocycles. The van der Waals surface area contributed by atoms with Gasteiger partial charge in [0.15, 0.2) is 0 Å². The molecule has 0 aliphatic carbocycles. The summed E-state index contributed by atoms with van der Waals surface area (Å²) in [5.41, 5.74) is 5.04. The van der Waals surface area contributed by atoms with E-state index < -0.39 is 0 Å². The summed E-state index contributed by atoms with van der Waals surface area (Å²) in [6.45, 7) is 6.41. The zero-order chi connectivity index (χ0) is 11.9. The van der Waals surface area contributed by atoms with Crippen molar-refractivity contribution in [2.45, 2.75) is 39.2 Å². The number of hydrogen-bond donors (Lipinski definition) is 2. The lowest BCUT2D eigenvalue weighted by atomic mass is 10.2. The summed E-state index contributed by atoms with van der Waals surface area (Å²) in [5, 5.41) is 2.73. The molecule has 0 saturated carbocycles. The molecule has 0 aliphatic rings. The number of carbonyl (C=O) groups excluding carboxylic acids is 1. The Labute approximate surface area is 96.5 Å². The second kappa shape index (κ2) is 6.74. The Morgan fingerprint density at radius 3 is 2.53 bits per heavy atom. The normalized spacial score (nSPS) is 11.1. The van der Waals surface area contributed by atoms with Crippen molar-refractivity contribution >= 4 is 23.1 Å². The summed E-state index contributed by atoms with van der Waals surface area (Å²) < 4.78 is 5.31. The number of ether oxygens (including phenoxy) is 1. The van der Waals surface area contributed by atoms with Crippen LogP contribution in [0.5, 0.6) is 0 Å². The third kappa shape index (κ3) is 11.2. The molecule has 0 fully saturated rings. The average molecular weight is 232 g/mol. The number of nitrogens with one attached hydrogen (secondary N) is 1. The molecule has 15 heavy (non-hydrogen) atoms. The van der Waals surface area contributed by atoms with E-state index in [4.69, 9.17) is 22.7 Å². The molecule has 0 aliphatic heterocycles. The van der Waals surface area contributed by atoms with Crippen LogP contribution in [-0.4, -0.2) is 29.6 Å². The molecule has 0 saturated heterocycles. The average Bonchev–Trinajstić information content (AvgIpc) is 2.07. The predicted molar refractivity (Wildman–Crippen MR) is 64.7 cm³/mol. The Morgan fingerprint density at radius 2 is 2.07 bits per heavy atom. The Balaban J connectivity index is 3.46. The van der Waals surface area contributed by atoms with Crippen LogP contribution in [0.2, 0.25) is 0 Å². The van der Waals surface area contributed by atoms with Gasteiger partial charge in [0.05, 0.1) is 10.6 Å². The summed E-state index contributed by atoms with van der Waals surface area (Å²) in [6.07, 6.45) is 1.44. The highest BCUT2D eigenvalue weighted by Crippen LogP contribution is 2.05. The Hall–Kier alpha value is -0.680. The highest BCUT2D eigenvalue weighted by Gasteiger charge is 2.12. The lowest BCUT2D eigenvalue weighted by Crippen LogP contribution is -2.32. The molecule has 0 bridgehead atoms. The van der Waals surface area contributed by atoms with Crippen LogP contribution in [0.4, 0.5) is 0 Å². The van der Waals surface area contributed by atoms with E-state index in [1.807, 2.05) is 20.8 Å². The van der Waals surface area contributed by atoms with Gasteiger partial charge in [-0.15, -0.1) is 0 Å². The molecule has 3 N–H and O–H groups in total. The van der Waals surface area contributed by atoms with E-state index in [9.17, 15) is 4.79 Å².